The standard InChI is InChI=1S/C15H30N2O3/c1-10(2)8-13(15(19)20)9-17-14(18)11(3)6-5-7-12(4)16/h10-13H,5-9,16H2,1-4H3,(H,17,18)(H,19,20). The van der Waals surface area contributed by atoms with Gasteiger partial charge in [-0.15, -0.1) is 0 Å². The van der Waals surface area contributed by atoms with Crippen molar-refractivity contribution < 1.29 is 14.7 Å². The first-order chi connectivity index (χ1) is 9.23. The van der Waals surface area contributed by atoms with E-state index in [-0.39, 0.29) is 24.4 Å². The molecule has 3 unspecified atom stereocenters. The summed E-state index contributed by atoms with van der Waals surface area (Å²) in [4.78, 5) is 23.0. The lowest BCUT2D eigenvalue weighted by atomic mass is 9.96. The molecule has 0 saturated carbocycles. The molecule has 0 aliphatic rings. The van der Waals surface area contributed by atoms with Crippen molar-refractivity contribution in [2.24, 2.45) is 23.5 Å². The van der Waals surface area contributed by atoms with Crippen LogP contribution in [0.2, 0.25) is 0 Å². The van der Waals surface area contributed by atoms with Crippen LogP contribution in [-0.2, 0) is 9.59 Å². The number of nitrogens with one attached hydrogen (secondary N) is 1. The van der Waals surface area contributed by atoms with Crippen LogP contribution in [0.15, 0.2) is 0 Å². The van der Waals surface area contributed by atoms with Crippen LogP contribution >= 0.6 is 0 Å². The predicted octanol–water partition coefficient (Wildman–Crippen LogP) is 2.00. The third-order valence-electron chi connectivity index (χ3n) is 3.37. The van der Waals surface area contributed by atoms with E-state index in [9.17, 15) is 9.59 Å². The number of carboxylic acid groups (broad SMARTS) is 1. The van der Waals surface area contributed by atoms with Gasteiger partial charge in [-0.05, 0) is 32.1 Å². The molecule has 0 aliphatic heterocycles. The summed E-state index contributed by atoms with van der Waals surface area (Å²) in [6.07, 6.45) is 3.19. The molecule has 20 heavy (non-hydrogen) atoms. The molecule has 4 N–H and O–H groups in total. The van der Waals surface area contributed by atoms with Gasteiger partial charge in [-0.3, -0.25) is 9.59 Å². The maximum atomic E-state index is 11.9. The third kappa shape index (κ3) is 8.91. The number of rotatable bonds is 10. The van der Waals surface area contributed by atoms with Crippen molar-refractivity contribution in [3.05, 3.63) is 0 Å². The minimum absolute atomic E-state index is 0.0651. The molecule has 0 aromatic rings. The van der Waals surface area contributed by atoms with Gasteiger partial charge in [0, 0.05) is 18.5 Å². The molecular formula is C15H30N2O3. The second kappa shape index (κ2) is 9.75. The number of nitrogens with two attached hydrogens (primary N) is 1. The number of carbonyl (C=O) groups is 2. The van der Waals surface area contributed by atoms with Crippen LogP contribution in [0.4, 0.5) is 0 Å². The Morgan fingerprint density at radius 2 is 1.75 bits per heavy atom. The third-order valence-corrected chi connectivity index (χ3v) is 3.37. The zero-order chi connectivity index (χ0) is 15.7. The van der Waals surface area contributed by atoms with E-state index in [2.05, 4.69) is 5.32 Å². The summed E-state index contributed by atoms with van der Waals surface area (Å²) in [5, 5.41) is 11.9. The summed E-state index contributed by atoms with van der Waals surface area (Å²) in [7, 11) is 0. The average molecular weight is 286 g/mol. The molecule has 5 heteroatoms. The molecule has 0 bridgehead atoms. The Bertz CT molecular complexity index is 303. The van der Waals surface area contributed by atoms with Gasteiger partial charge >= 0.3 is 5.97 Å². The molecule has 3 atom stereocenters. The van der Waals surface area contributed by atoms with Crippen molar-refractivity contribution in [2.45, 2.75) is 59.4 Å². The van der Waals surface area contributed by atoms with Gasteiger partial charge in [0.2, 0.25) is 5.91 Å². The van der Waals surface area contributed by atoms with Crippen molar-refractivity contribution in [3.63, 3.8) is 0 Å². The van der Waals surface area contributed by atoms with Gasteiger partial charge < -0.3 is 16.2 Å². The Balaban J connectivity index is 4.07. The Morgan fingerprint density at radius 3 is 2.20 bits per heavy atom. The SMILES string of the molecule is CC(C)CC(CNC(=O)C(C)CCCC(C)N)C(=O)O. The first-order valence-electron chi connectivity index (χ1n) is 7.50. The average Bonchev–Trinajstić information content (AvgIpc) is 2.32. The predicted molar refractivity (Wildman–Crippen MR) is 80.3 cm³/mol. The van der Waals surface area contributed by atoms with Crippen molar-refractivity contribution >= 4 is 11.9 Å². The van der Waals surface area contributed by atoms with Gasteiger partial charge in [0.1, 0.15) is 0 Å². The van der Waals surface area contributed by atoms with Gasteiger partial charge in [0.05, 0.1) is 5.92 Å². The quantitative estimate of drug-likeness (QED) is 0.572. The van der Waals surface area contributed by atoms with Crippen LogP contribution in [-0.4, -0.2) is 29.6 Å². The van der Waals surface area contributed by atoms with E-state index >= 15 is 0 Å². The highest BCUT2D eigenvalue weighted by atomic mass is 16.4. The van der Waals surface area contributed by atoms with Crippen LogP contribution in [0.25, 0.3) is 0 Å². The molecular weight excluding hydrogens is 256 g/mol. The van der Waals surface area contributed by atoms with Gasteiger partial charge in [0.15, 0.2) is 0 Å². The highest BCUT2D eigenvalue weighted by Gasteiger charge is 2.21. The van der Waals surface area contributed by atoms with Crippen LogP contribution in [0, 0.1) is 17.8 Å². The Hall–Kier alpha value is -1.10. The van der Waals surface area contributed by atoms with Gasteiger partial charge in [-0.25, -0.2) is 0 Å². The van der Waals surface area contributed by atoms with Crippen LogP contribution < -0.4 is 11.1 Å². The van der Waals surface area contributed by atoms with Crippen molar-refractivity contribution in [3.8, 4) is 0 Å². The summed E-state index contributed by atoms with van der Waals surface area (Å²) < 4.78 is 0. The van der Waals surface area contributed by atoms with E-state index in [1.165, 1.54) is 0 Å². The van der Waals surface area contributed by atoms with Gasteiger partial charge in [-0.1, -0.05) is 27.2 Å². The second-order valence-corrected chi connectivity index (χ2v) is 6.22. The highest BCUT2D eigenvalue weighted by molar-refractivity contribution is 5.79. The van der Waals surface area contributed by atoms with Crippen molar-refractivity contribution in [2.75, 3.05) is 6.54 Å². The first-order valence-corrected chi connectivity index (χ1v) is 7.50. The molecule has 0 rings (SSSR count). The maximum absolute atomic E-state index is 11.9. The Labute approximate surface area is 122 Å². The molecule has 0 fully saturated rings. The molecule has 0 radical (unpaired) electrons. The molecule has 0 heterocycles. The molecule has 5 nitrogen and oxygen atoms in total. The van der Waals surface area contributed by atoms with Crippen LogP contribution in [0.3, 0.4) is 0 Å². The number of carboxylic acids is 1. The van der Waals surface area contributed by atoms with E-state index in [0.29, 0.717) is 12.3 Å². The summed E-state index contributed by atoms with van der Waals surface area (Å²) in [6, 6.07) is 0.160. The number of aliphatic carboxylic acids is 1. The number of hydrogen-bond acceptors (Lipinski definition) is 3. The summed E-state index contributed by atoms with van der Waals surface area (Å²) >= 11 is 0. The van der Waals surface area contributed by atoms with Crippen molar-refractivity contribution in [1.82, 2.24) is 5.32 Å². The summed E-state index contributed by atoms with van der Waals surface area (Å²) in [5.74, 6) is -1.21. The largest absolute Gasteiger partial charge is 0.481 e. The summed E-state index contributed by atoms with van der Waals surface area (Å²) in [5.41, 5.74) is 5.67. The fraction of sp³-hybridized carbons (Fsp3) is 0.867. The van der Waals surface area contributed by atoms with E-state index < -0.39 is 11.9 Å². The normalized spacial score (nSPS) is 15.7. The Kier molecular flexibility index (Phi) is 9.21. The van der Waals surface area contributed by atoms with Crippen LogP contribution in [0.5, 0.6) is 0 Å². The molecule has 0 aromatic heterocycles. The minimum atomic E-state index is -0.844. The van der Waals surface area contributed by atoms with Crippen LogP contribution in [0.1, 0.15) is 53.4 Å². The molecule has 0 spiro atoms. The smallest absolute Gasteiger partial charge is 0.308 e. The molecule has 0 saturated heterocycles. The minimum Gasteiger partial charge on any atom is -0.481 e. The molecule has 1 amide bonds. The topological polar surface area (TPSA) is 92.4 Å². The van der Waals surface area contributed by atoms with E-state index in [1.54, 1.807) is 0 Å². The second-order valence-electron chi connectivity index (χ2n) is 6.22. The zero-order valence-electron chi connectivity index (χ0n) is 13.2. The number of amides is 1. The molecule has 118 valence electrons. The molecule has 0 aliphatic carbocycles. The maximum Gasteiger partial charge on any atom is 0.308 e. The van der Waals surface area contributed by atoms with E-state index in [0.717, 1.165) is 19.3 Å². The van der Waals surface area contributed by atoms with E-state index in [1.807, 2.05) is 27.7 Å². The van der Waals surface area contributed by atoms with Gasteiger partial charge in [0.25, 0.3) is 0 Å². The monoisotopic (exact) mass is 286 g/mol. The number of hydrogen-bond donors (Lipinski definition) is 3. The fourth-order valence-corrected chi connectivity index (χ4v) is 2.12. The van der Waals surface area contributed by atoms with Gasteiger partial charge in [-0.2, -0.15) is 0 Å². The summed E-state index contributed by atoms with van der Waals surface area (Å²) in [6.45, 7) is 8.00. The van der Waals surface area contributed by atoms with Crippen molar-refractivity contribution in [1.29, 1.82) is 0 Å². The lowest BCUT2D eigenvalue weighted by Gasteiger charge is -2.17. The Morgan fingerprint density at radius 1 is 1.15 bits per heavy atom. The van der Waals surface area contributed by atoms with E-state index in [4.69, 9.17) is 10.8 Å². The highest BCUT2D eigenvalue weighted by Crippen LogP contribution is 2.13. The molecule has 0 aromatic carbocycles. The lowest BCUT2D eigenvalue weighted by Crippen LogP contribution is -2.36. The fourth-order valence-electron chi connectivity index (χ4n) is 2.12. The number of carbonyl (C=O) groups excluding carboxylic acids is 1. The first kappa shape index (κ1) is 18.9. The zero-order valence-corrected chi connectivity index (χ0v) is 13.2. The lowest BCUT2D eigenvalue weighted by molar-refractivity contribution is -0.142.